The lowest BCUT2D eigenvalue weighted by Gasteiger charge is -2.06. The van der Waals surface area contributed by atoms with Gasteiger partial charge in [0.2, 0.25) is 0 Å². The van der Waals surface area contributed by atoms with Gasteiger partial charge in [-0.2, -0.15) is 0 Å². The van der Waals surface area contributed by atoms with Gasteiger partial charge in [0.25, 0.3) is 0 Å². The molecule has 0 aromatic carbocycles. The summed E-state index contributed by atoms with van der Waals surface area (Å²) in [5.41, 5.74) is 0. The van der Waals surface area contributed by atoms with Gasteiger partial charge in [0.05, 0.1) is 7.11 Å². The summed E-state index contributed by atoms with van der Waals surface area (Å²) in [7, 11) is 1.35. The van der Waals surface area contributed by atoms with E-state index >= 15 is 0 Å². The quantitative estimate of drug-likeness (QED) is 0.451. The Kier molecular flexibility index (Phi) is 2.10. The number of rotatable bonds is 1. The first-order valence-corrected chi connectivity index (χ1v) is 4.85. The second-order valence-corrected chi connectivity index (χ2v) is 4.01. The van der Waals surface area contributed by atoms with Crippen molar-refractivity contribution in [3.63, 3.8) is 0 Å². The molecular weight excluding hydrogens is 168 g/mol. The molecule has 2 rings (SSSR count). The minimum atomic E-state index is -0.444. The summed E-state index contributed by atoms with van der Waals surface area (Å²) in [4.78, 5) is 22.9. The smallest absolute Gasteiger partial charge is 0.316 e. The maximum atomic E-state index is 11.7. The van der Waals surface area contributed by atoms with Crippen molar-refractivity contribution >= 4 is 11.8 Å². The van der Waals surface area contributed by atoms with Crippen LogP contribution in [0.2, 0.25) is 0 Å². The predicted molar refractivity (Wildman–Crippen MR) is 46.0 cm³/mol. The average Bonchev–Trinajstić information content (AvgIpc) is 2.68. The van der Waals surface area contributed by atoms with E-state index in [1.54, 1.807) is 0 Å². The molecule has 0 bridgehead atoms. The van der Waals surface area contributed by atoms with Crippen LogP contribution in [0, 0.1) is 17.8 Å². The standard InChI is InChI=1S/C10H14O3/c1-13-10(12)8-5-6-3-2-4-7(6)9(8)11/h6-8H,2-5H2,1H3/t6-,7-,8?/m0/s1. The van der Waals surface area contributed by atoms with Gasteiger partial charge < -0.3 is 4.74 Å². The first kappa shape index (κ1) is 8.73. The topological polar surface area (TPSA) is 43.4 Å². The number of carbonyl (C=O) groups excluding carboxylic acids is 2. The van der Waals surface area contributed by atoms with E-state index in [0.717, 1.165) is 25.7 Å². The largest absolute Gasteiger partial charge is 0.468 e. The number of fused-ring (bicyclic) bond motifs is 1. The maximum absolute atomic E-state index is 11.7. The van der Waals surface area contributed by atoms with Crippen molar-refractivity contribution in [2.45, 2.75) is 25.7 Å². The van der Waals surface area contributed by atoms with Crippen LogP contribution in [0.15, 0.2) is 0 Å². The maximum Gasteiger partial charge on any atom is 0.316 e. The number of ketones is 1. The highest BCUT2D eigenvalue weighted by atomic mass is 16.5. The Labute approximate surface area is 77.4 Å². The van der Waals surface area contributed by atoms with Crippen LogP contribution in [-0.2, 0) is 14.3 Å². The number of esters is 1. The summed E-state index contributed by atoms with van der Waals surface area (Å²) in [6, 6.07) is 0. The fraction of sp³-hybridized carbons (Fsp3) is 0.800. The van der Waals surface area contributed by atoms with Crippen molar-refractivity contribution in [3.05, 3.63) is 0 Å². The number of ether oxygens (including phenoxy) is 1. The second-order valence-electron chi connectivity index (χ2n) is 4.01. The molecule has 0 radical (unpaired) electrons. The van der Waals surface area contributed by atoms with Crippen molar-refractivity contribution in [1.82, 2.24) is 0 Å². The third kappa shape index (κ3) is 1.26. The number of hydrogen-bond donors (Lipinski definition) is 0. The lowest BCUT2D eigenvalue weighted by Crippen LogP contribution is -2.23. The van der Waals surface area contributed by atoms with E-state index in [2.05, 4.69) is 4.74 Å². The fourth-order valence-electron chi connectivity index (χ4n) is 2.73. The summed E-state index contributed by atoms with van der Waals surface area (Å²) in [6.07, 6.45) is 3.98. The molecule has 0 N–H and O–H groups in total. The van der Waals surface area contributed by atoms with Gasteiger partial charge in [-0.05, 0) is 25.2 Å². The van der Waals surface area contributed by atoms with Gasteiger partial charge >= 0.3 is 5.97 Å². The molecule has 0 saturated heterocycles. The van der Waals surface area contributed by atoms with E-state index in [4.69, 9.17) is 0 Å². The molecule has 2 aliphatic rings. The molecule has 3 heteroatoms. The molecule has 13 heavy (non-hydrogen) atoms. The van der Waals surface area contributed by atoms with E-state index < -0.39 is 5.92 Å². The van der Waals surface area contributed by atoms with Crippen LogP contribution in [0.1, 0.15) is 25.7 Å². The summed E-state index contributed by atoms with van der Waals surface area (Å²) in [5, 5.41) is 0. The predicted octanol–water partition coefficient (Wildman–Crippen LogP) is 1.16. The van der Waals surface area contributed by atoms with Crippen LogP contribution in [0.25, 0.3) is 0 Å². The van der Waals surface area contributed by atoms with Crippen molar-refractivity contribution in [1.29, 1.82) is 0 Å². The van der Waals surface area contributed by atoms with Crippen LogP contribution < -0.4 is 0 Å². The van der Waals surface area contributed by atoms with Gasteiger partial charge in [-0.25, -0.2) is 0 Å². The Morgan fingerprint density at radius 1 is 1.46 bits per heavy atom. The molecule has 2 fully saturated rings. The highest BCUT2D eigenvalue weighted by Gasteiger charge is 2.47. The molecule has 0 spiro atoms. The Morgan fingerprint density at radius 3 is 2.85 bits per heavy atom. The average molecular weight is 182 g/mol. The van der Waals surface area contributed by atoms with E-state index in [9.17, 15) is 9.59 Å². The van der Waals surface area contributed by atoms with Crippen LogP contribution in [-0.4, -0.2) is 18.9 Å². The summed E-state index contributed by atoms with van der Waals surface area (Å²) < 4.78 is 4.61. The molecule has 2 saturated carbocycles. The summed E-state index contributed by atoms with van der Waals surface area (Å²) in [5.74, 6) is -0.00486. The van der Waals surface area contributed by atoms with Gasteiger partial charge in [-0.1, -0.05) is 6.42 Å². The monoisotopic (exact) mass is 182 g/mol. The second kappa shape index (κ2) is 3.13. The SMILES string of the molecule is COC(=O)C1C[C@@H]2CCC[C@@H]2C1=O. The van der Waals surface area contributed by atoms with E-state index in [1.807, 2.05) is 0 Å². The number of carbonyl (C=O) groups is 2. The van der Waals surface area contributed by atoms with Gasteiger partial charge in [0.15, 0.2) is 0 Å². The van der Waals surface area contributed by atoms with Gasteiger partial charge in [-0.15, -0.1) is 0 Å². The summed E-state index contributed by atoms with van der Waals surface area (Å²) >= 11 is 0. The van der Waals surface area contributed by atoms with Crippen molar-refractivity contribution < 1.29 is 14.3 Å². The molecule has 0 amide bonds. The minimum absolute atomic E-state index is 0.134. The Balaban J connectivity index is 2.10. The third-order valence-corrected chi connectivity index (χ3v) is 3.39. The van der Waals surface area contributed by atoms with Crippen molar-refractivity contribution in [3.8, 4) is 0 Å². The molecule has 2 aliphatic carbocycles. The third-order valence-electron chi connectivity index (χ3n) is 3.39. The molecule has 3 atom stereocenters. The minimum Gasteiger partial charge on any atom is -0.468 e. The Morgan fingerprint density at radius 2 is 2.23 bits per heavy atom. The fourth-order valence-corrected chi connectivity index (χ4v) is 2.73. The van der Waals surface area contributed by atoms with Crippen LogP contribution in [0.3, 0.4) is 0 Å². The van der Waals surface area contributed by atoms with Crippen molar-refractivity contribution in [2.24, 2.45) is 17.8 Å². The molecule has 0 heterocycles. The van der Waals surface area contributed by atoms with E-state index in [1.165, 1.54) is 7.11 Å². The molecule has 0 aromatic rings. The van der Waals surface area contributed by atoms with E-state index in [-0.39, 0.29) is 17.7 Å². The molecule has 72 valence electrons. The summed E-state index contributed by atoms with van der Waals surface area (Å²) in [6.45, 7) is 0. The first-order valence-electron chi connectivity index (χ1n) is 4.85. The van der Waals surface area contributed by atoms with Gasteiger partial charge in [0, 0.05) is 5.92 Å². The number of hydrogen-bond acceptors (Lipinski definition) is 3. The highest BCUT2D eigenvalue weighted by Crippen LogP contribution is 2.44. The zero-order valence-electron chi connectivity index (χ0n) is 7.79. The Hall–Kier alpha value is -0.860. The van der Waals surface area contributed by atoms with Gasteiger partial charge in [0.1, 0.15) is 11.7 Å². The van der Waals surface area contributed by atoms with Crippen LogP contribution in [0.5, 0.6) is 0 Å². The van der Waals surface area contributed by atoms with Gasteiger partial charge in [-0.3, -0.25) is 9.59 Å². The lowest BCUT2D eigenvalue weighted by molar-refractivity contribution is -0.148. The molecular formula is C10H14O3. The molecule has 1 unspecified atom stereocenters. The molecule has 3 nitrogen and oxygen atoms in total. The van der Waals surface area contributed by atoms with Crippen molar-refractivity contribution in [2.75, 3.05) is 7.11 Å². The lowest BCUT2D eigenvalue weighted by atomic mass is 10.0. The number of methoxy groups -OCH3 is 1. The van der Waals surface area contributed by atoms with Crippen LogP contribution in [0.4, 0.5) is 0 Å². The first-order chi connectivity index (χ1) is 6.24. The molecule has 0 aliphatic heterocycles. The Bertz CT molecular complexity index is 247. The highest BCUT2D eigenvalue weighted by molar-refractivity contribution is 6.02. The zero-order valence-corrected chi connectivity index (χ0v) is 7.79. The van der Waals surface area contributed by atoms with E-state index in [0.29, 0.717) is 5.92 Å². The number of Topliss-reactive ketones (excluding diaryl/α,β-unsaturated/α-hetero) is 1. The zero-order chi connectivity index (χ0) is 9.42. The molecule has 0 aromatic heterocycles. The normalized spacial score (nSPS) is 37.6. The van der Waals surface area contributed by atoms with Crippen LogP contribution >= 0.6 is 0 Å².